The molecule has 0 unspecified atom stereocenters. The molecular formula is C15H15F3N4O4. The summed E-state index contributed by atoms with van der Waals surface area (Å²) in [6.45, 7) is 0.571. The maximum absolute atomic E-state index is 14.1. The van der Waals surface area contributed by atoms with Gasteiger partial charge in [0.25, 0.3) is 5.91 Å². The second-order valence-corrected chi connectivity index (χ2v) is 5.17. The van der Waals surface area contributed by atoms with Crippen LogP contribution in [-0.2, 0) is 4.84 Å². The standard InChI is InChI=1S/C15H15F3N4O4/c1-7-2-3-11(21-20-7)19-14-9(4-10(16)12(17)13(14)18)15(25)22-26-6-8(24)5-23/h2-4,8,23-24H,5-6H2,1H3,(H,19,21)(H,22,25)/t8-/m1/s1. The Morgan fingerprint density at radius 3 is 2.62 bits per heavy atom. The molecule has 0 aliphatic rings. The number of hydrogen-bond donors (Lipinski definition) is 4. The number of carbonyl (C=O) groups is 1. The molecule has 8 nitrogen and oxygen atoms in total. The van der Waals surface area contributed by atoms with E-state index in [1.165, 1.54) is 12.1 Å². The predicted octanol–water partition coefficient (Wildman–Crippen LogP) is 0.961. The molecule has 4 N–H and O–H groups in total. The van der Waals surface area contributed by atoms with Crippen LogP contribution in [0.3, 0.4) is 0 Å². The van der Waals surface area contributed by atoms with Crippen LogP contribution in [0, 0.1) is 24.4 Å². The maximum atomic E-state index is 14.1. The number of benzene rings is 1. The second-order valence-electron chi connectivity index (χ2n) is 5.17. The number of nitrogens with one attached hydrogen (secondary N) is 2. The van der Waals surface area contributed by atoms with Crippen molar-refractivity contribution in [2.24, 2.45) is 0 Å². The van der Waals surface area contributed by atoms with Crippen molar-refractivity contribution in [1.82, 2.24) is 15.7 Å². The number of rotatable bonds is 7. The summed E-state index contributed by atoms with van der Waals surface area (Å²) < 4.78 is 41.2. The Labute approximate surface area is 145 Å². The van der Waals surface area contributed by atoms with E-state index in [0.717, 1.165) is 0 Å². The highest BCUT2D eigenvalue weighted by molar-refractivity contribution is 5.99. The van der Waals surface area contributed by atoms with Crippen molar-refractivity contribution in [2.75, 3.05) is 18.5 Å². The van der Waals surface area contributed by atoms with Gasteiger partial charge in [0.2, 0.25) is 0 Å². The Hall–Kier alpha value is -2.76. The largest absolute Gasteiger partial charge is 0.394 e. The molecule has 0 radical (unpaired) electrons. The summed E-state index contributed by atoms with van der Waals surface area (Å²) >= 11 is 0. The van der Waals surface area contributed by atoms with E-state index in [1.54, 1.807) is 6.92 Å². The highest BCUT2D eigenvalue weighted by atomic mass is 19.2. The molecule has 1 heterocycles. The van der Waals surface area contributed by atoms with Crippen LogP contribution < -0.4 is 10.8 Å². The van der Waals surface area contributed by atoms with Crippen molar-refractivity contribution in [3.05, 3.63) is 46.9 Å². The van der Waals surface area contributed by atoms with E-state index in [2.05, 4.69) is 20.4 Å². The number of aliphatic hydroxyl groups is 2. The number of hydroxylamine groups is 1. The molecular weight excluding hydrogens is 357 g/mol. The van der Waals surface area contributed by atoms with Crippen molar-refractivity contribution in [3.63, 3.8) is 0 Å². The summed E-state index contributed by atoms with van der Waals surface area (Å²) in [7, 11) is 0. The van der Waals surface area contributed by atoms with Crippen LogP contribution in [0.4, 0.5) is 24.7 Å². The van der Waals surface area contributed by atoms with E-state index >= 15 is 0 Å². The van der Waals surface area contributed by atoms with Crippen LogP contribution >= 0.6 is 0 Å². The van der Waals surface area contributed by atoms with Crippen LogP contribution in [0.1, 0.15) is 16.1 Å². The monoisotopic (exact) mass is 372 g/mol. The van der Waals surface area contributed by atoms with Crippen LogP contribution in [0.2, 0.25) is 0 Å². The number of carbonyl (C=O) groups excluding carboxylic acids is 1. The zero-order chi connectivity index (χ0) is 19.3. The highest BCUT2D eigenvalue weighted by Gasteiger charge is 2.23. The second kappa shape index (κ2) is 8.56. The lowest BCUT2D eigenvalue weighted by molar-refractivity contribution is -0.0295. The zero-order valence-electron chi connectivity index (χ0n) is 13.5. The van der Waals surface area contributed by atoms with Crippen molar-refractivity contribution in [2.45, 2.75) is 13.0 Å². The van der Waals surface area contributed by atoms with Crippen LogP contribution in [0.15, 0.2) is 18.2 Å². The average Bonchev–Trinajstić information content (AvgIpc) is 2.63. The van der Waals surface area contributed by atoms with Crippen LogP contribution in [0.5, 0.6) is 0 Å². The fourth-order valence-corrected chi connectivity index (χ4v) is 1.80. The third-order valence-corrected chi connectivity index (χ3v) is 3.11. The van der Waals surface area contributed by atoms with E-state index in [-0.39, 0.29) is 5.82 Å². The molecule has 0 aliphatic carbocycles. The number of amides is 1. The number of nitrogens with zero attached hydrogens (tertiary/aromatic N) is 2. The number of aliphatic hydroxyl groups excluding tert-OH is 2. The number of anilines is 2. The molecule has 0 bridgehead atoms. The third kappa shape index (κ3) is 4.65. The normalized spacial score (nSPS) is 11.9. The van der Waals surface area contributed by atoms with Crippen molar-refractivity contribution in [1.29, 1.82) is 0 Å². The average molecular weight is 372 g/mol. The molecule has 0 fully saturated rings. The van der Waals surface area contributed by atoms with E-state index in [1.807, 2.05) is 5.48 Å². The molecule has 26 heavy (non-hydrogen) atoms. The molecule has 0 saturated carbocycles. The minimum Gasteiger partial charge on any atom is -0.394 e. The van der Waals surface area contributed by atoms with Crippen molar-refractivity contribution >= 4 is 17.4 Å². The summed E-state index contributed by atoms with van der Waals surface area (Å²) in [6.07, 6.45) is -1.27. The molecule has 1 amide bonds. The Morgan fingerprint density at radius 2 is 2.00 bits per heavy atom. The van der Waals surface area contributed by atoms with E-state index in [9.17, 15) is 18.0 Å². The number of aromatic nitrogens is 2. The molecule has 140 valence electrons. The summed E-state index contributed by atoms with van der Waals surface area (Å²) in [5.74, 6) is -6.11. The summed E-state index contributed by atoms with van der Waals surface area (Å²) in [5.41, 5.74) is 1.11. The molecule has 0 saturated heterocycles. The lowest BCUT2D eigenvalue weighted by Gasteiger charge is -2.14. The fraction of sp³-hybridized carbons (Fsp3) is 0.267. The molecule has 11 heteroatoms. The van der Waals surface area contributed by atoms with Gasteiger partial charge in [0, 0.05) is 0 Å². The molecule has 0 aliphatic heterocycles. The van der Waals surface area contributed by atoms with Gasteiger partial charge in [0.1, 0.15) is 12.7 Å². The van der Waals surface area contributed by atoms with Gasteiger partial charge in [-0.25, -0.2) is 18.7 Å². The fourth-order valence-electron chi connectivity index (χ4n) is 1.80. The number of hydrogen-bond acceptors (Lipinski definition) is 7. The highest BCUT2D eigenvalue weighted by Crippen LogP contribution is 2.27. The van der Waals surface area contributed by atoms with E-state index in [0.29, 0.717) is 11.8 Å². The van der Waals surface area contributed by atoms with Crippen molar-refractivity contribution < 1.29 is 33.0 Å². The van der Waals surface area contributed by atoms with Gasteiger partial charge in [-0.3, -0.25) is 9.63 Å². The van der Waals surface area contributed by atoms with Gasteiger partial charge >= 0.3 is 0 Å². The lowest BCUT2D eigenvalue weighted by Crippen LogP contribution is -2.30. The Bertz CT molecular complexity index is 789. The first-order valence-corrected chi connectivity index (χ1v) is 7.29. The first-order chi connectivity index (χ1) is 12.3. The minimum absolute atomic E-state index is 0.00817. The minimum atomic E-state index is -1.78. The van der Waals surface area contributed by atoms with Crippen LogP contribution in [0.25, 0.3) is 0 Å². The summed E-state index contributed by atoms with van der Waals surface area (Å²) in [4.78, 5) is 16.7. The molecule has 1 atom stereocenters. The summed E-state index contributed by atoms with van der Waals surface area (Å²) in [6, 6.07) is 3.41. The van der Waals surface area contributed by atoms with E-state index < -0.39 is 53.9 Å². The Balaban J connectivity index is 2.29. The lowest BCUT2D eigenvalue weighted by atomic mass is 10.1. The topological polar surface area (TPSA) is 117 Å². The number of halogens is 3. The Morgan fingerprint density at radius 1 is 1.27 bits per heavy atom. The quantitative estimate of drug-likeness (QED) is 0.423. The molecule has 1 aromatic heterocycles. The van der Waals surface area contributed by atoms with Crippen LogP contribution in [-0.4, -0.2) is 45.6 Å². The maximum Gasteiger partial charge on any atom is 0.277 e. The smallest absolute Gasteiger partial charge is 0.277 e. The van der Waals surface area contributed by atoms with Gasteiger partial charge in [-0.05, 0) is 25.1 Å². The van der Waals surface area contributed by atoms with E-state index in [4.69, 9.17) is 10.2 Å². The number of aryl methyl sites for hydroxylation is 1. The third-order valence-electron chi connectivity index (χ3n) is 3.11. The van der Waals surface area contributed by atoms with Gasteiger partial charge in [-0.1, -0.05) is 0 Å². The van der Waals surface area contributed by atoms with Gasteiger partial charge in [-0.15, -0.1) is 5.10 Å². The Kier molecular flexibility index (Phi) is 6.44. The molecule has 2 rings (SSSR count). The first kappa shape index (κ1) is 19.6. The van der Waals surface area contributed by atoms with Gasteiger partial charge < -0.3 is 15.5 Å². The summed E-state index contributed by atoms with van der Waals surface area (Å²) in [5, 5.41) is 27.5. The molecule has 2 aromatic rings. The zero-order valence-corrected chi connectivity index (χ0v) is 13.5. The SMILES string of the molecule is Cc1ccc(Nc2c(C(=O)NOC[C@H](O)CO)cc(F)c(F)c2F)nn1. The predicted molar refractivity (Wildman–Crippen MR) is 82.9 cm³/mol. The molecule has 1 aromatic carbocycles. The van der Waals surface area contributed by atoms with Gasteiger partial charge in [-0.2, -0.15) is 5.10 Å². The first-order valence-electron chi connectivity index (χ1n) is 7.29. The van der Waals surface area contributed by atoms with Crippen molar-refractivity contribution in [3.8, 4) is 0 Å². The van der Waals surface area contributed by atoms with Gasteiger partial charge in [0.05, 0.1) is 23.6 Å². The molecule has 0 spiro atoms. The van der Waals surface area contributed by atoms with Gasteiger partial charge in [0.15, 0.2) is 23.3 Å².